The van der Waals surface area contributed by atoms with Crippen LogP contribution in [-0.4, -0.2) is 42.4 Å². The van der Waals surface area contributed by atoms with Gasteiger partial charge >= 0.3 is 6.09 Å². The molecule has 1 heterocycles. The number of hydrogen-bond acceptors (Lipinski definition) is 3. The van der Waals surface area contributed by atoms with Crippen LogP contribution in [0.3, 0.4) is 0 Å². The topological polar surface area (TPSA) is 38.8 Å². The maximum Gasteiger partial charge on any atom is 0.410 e. The summed E-state index contributed by atoms with van der Waals surface area (Å²) in [5.74, 6) is 0.766. The monoisotopic (exact) mass is 297 g/mol. The zero-order valence-electron chi connectivity index (χ0n) is 13.9. The van der Waals surface area contributed by atoms with Crippen LogP contribution in [0.1, 0.15) is 65.7 Å². The summed E-state index contributed by atoms with van der Waals surface area (Å²) in [6.45, 7) is 8.15. The maximum atomic E-state index is 12.0. The van der Waals surface area contributed by atoms with E-state index in [1.165, 1.54) is 32.1 Å². The van der Waals surface area contributed by atoms with Gasteiger partial charge in [-0.15, -0.1) is 0 Å². The first-order valence-electron chi connectivity index (χ1n) is 8.53. The molecule has 1 saturated carbocycles. The second-order valence-corrected chi connectivity index (χ2v) is 7.50. The third-order valence-electron chi connectivity index (χ3n) is 4.39. The molecule has 1 amide bonds. The zero-order valence-corrected chi connectivity index (χ0v) is 13.9. The van der Waals surface area contributed by atoms with E-state index in [0.717, 1.165) is 38.5 Å². The fraction of sp³-hybridized carbons (Fsp3) is 0.941. The van der Waals surface area contributed by atoms with E-state index in [0.29, 0.717) is 6.10 Å². The van der Waals surface area contributed by atoms with Gasteiger partial charge in [0.15, 0.2) is 0 Å². The van der Waals surface area contributed by atoms with Gasteiger partial charge in [-0.25, -0.2) is 4.79 Å². The minimum atomic E-state index is -0.411. The van der Waals surface area contributed by atoms with Crippen LogP contribution in [0.15, 0.2) is 0 Å². The summed E-state index contributed by atoms with van der Waals surface area (Å²) >= 11 is 0. The molecule has 0 unspecified atom stereocenters. The predicted octanol–water partition coefficient (Wildman–Crippen LogP) is 3.98. The third-order valence-corrected chi connectivity index (χ3v) is 4.39. The number of carbonyl (C=O) groups excluding carboxylic acids is 1. The summed E-state index contributed by atoms with van der Waals surface area (Å²) < 4.78 is 11.5. The minimum absolute atomic E-state index is 0.187. The highest BCUT2D eigenvalue weighted by molar-refractivity contribution is 5.68. The highest BCUT2D eigenvalue weighted by atomic mass is 16.6. The van der Waals surface area contributed by atoms with Gasteiger partial charge in [0.2, 0.25) is 0 Å². The number of ether oxygens (including phenoxy) is 2. The Hall–Kier alpha value is -0.770. The molecule has 21 heavy (non-hydrogen) atoms. The van der Waals surface area contributed by atoms with E-state index in [9.17, 15) is 4.79 Å². The first-order chi connectivity index (χ1) is 9.94. The van der Waals surface area contributed by atoms with Gasteiger partial charge in [0, 0.05) is 19.7 Å². The molecule has 2 fully saturated rings. The van der Waals surface area contributed by atoms with Crippen LogP contribution < -0.4 is 0 Å². The van der Waals surface area contributed by atoms with E-state index in [-0.39, 0.29) is 6.09 Å². The highest BCUT2D eigenvalue weighted by Gasteiger charge is 2.27. The van der Waals surface area contributed by atoms with Crippen molar-refractivity contribution in [3.8, 4) is 0 Å². The van der Waals surface area contributed by atoms with Gasteiger partial charge in [-0.1, -0.05) is 19.3 Å². The standard InChI is InChI=1S/C17H31NO3/c1-17(2,3)21-16(19)18-11-9-15(10-12-18)20-13-14-7-5-4-6-8-14/h14-15H,4-13H2,1-3H3. The summed E-state index contributed by atoms with van der Waals surface area (Å²) in [4.78, 5) is 13.8. The van der Waals surface area contributed by atoms with Crippen molar-refractivity contribution in [1.82, 2.24) is 4.90 Å². The number of likely N-dealkylation sites (tertiary alicyclic amines) is 1. The molecule has 1 aliphatic carbocycles. The molecule has 2 aliphatic rings. The normalized spacial score (nSPS) is 22.3. The molecule has 122 valence electrons. The summed E-state index contributed by atoms with van der Waals surface area (Å²) in [5.41, 5.74) is -0.411. The smallest absolute Gasteiger partial charge is 0.410 e. The lowest BCUT2D eigenvalue weighted by Gasteiger charge is -2.34. The first kappa shape index (κ1) is 16.6. The van der Waals surface area contributed by atoms with Crippen molar-refractivity contribution in [1.29, 1.82) is 0 Å². The number of nitrogens with zero attached hydrogens (tertiary/aromatic N) is 1. The minimum Gasteiger partial charge on any atom is -0.444 e. The molecule has 1 aliphatic heterocycles. The fourth-order valence-electron chi connectivity index (χ4n) is 3.16. The van der Waals surface area contributed by atoms with Crippen LogP contribution in [-0.2, 0) is 9.47 Å². The molecule has 0 spiro atoms. The Morgan fingerprint density at radius 2 is 1.67 bits per heavy atom. The van der Waals surface area contributed by atoms with Crippen molar-refractivity contribution in [3.63, 3.8) is 0 Å². The summed E-state index contributed by atoms with van der Waals surface area (Å²) in [5, 5.41) is 0. The SMILES string of the molecule is CC(C)(C)OC(=O)N1CCC(OCC2CCCCC2)CC1. The quantitative estimate of drug-likeness (QED) is 0.791. The van der Waals surface area contributed by atoms with E-state index in [4.69, 9.17) is 9.47 Å². The molecule has 0 aromatic heterocycles. The number of rotatable bonds is 3. The zero-order chi connectivity index (χ0) is 15.3. The van der Waals surface area contributed by atoms with Gasteiger partial charge in [0.05, 0.1) is 6.10 Å². The fourth-order valence-corrected chi connectivity index (χ4v) is 3.16. The Morgan fingerprint density at radius 1 is 1.05 bits per heavy atom. The molecule has 1 saturated heterocycles. The number of hydrogen-bond donors (Lipinski definition) is 0. The Morgan fingerprint density at radius 3 is 2.24 bits per heavy atom. The van der Waals surface area contributed by atoms with Gasteiger partial charge in [0.25, 0.3) is 0 Å². The van der Waals surface area contributed by atoms with Gasteiger partial charge in [-0.3, -0.25) is 0 Å². The van der Waals surface area contributed by atoms with Crippen LogP contribution in [0.5, 0.6) is 0 Å². The molecule has 0 bridgehead atoms. The predicted molar refractivity (Wildman–Crippen MR) is 83.4 cm³/mol. The van der Waals surface area contributed by atoms with Crippen molar-refractivity contribution in [2.24, 2.45) is 5.92 Å². The van der Waals surface area contributed by atoms with E-state index in [1.54, 1.807) is 0 Å². The largest absolute Gasteiger partial charge is 0.444 e. The van der Waals surface area contributed by atoms with E-state index < -0.39 is 5.60 Å². The number of amides is 1. The van der Waals surface area contributed by atoms with Crippen molar-refractivity contribution < 1.29 is 14.3 Å². The second kappa shape index (κ2) is 7.48. The Labute approximate surface area is 129 Å². The second-order valence-electron chi connectivity index (χ2n) is 7.50. The van der Waals surface area contributed by atoms with Crippen LogP contribution in [0.25, 0.3) is 0 Å². The average Bonchev–Trinajstić information content (AvgIpc) is 2.45. The van der Waals surface area contributed by atoms with Crippen molar-refractivity contribution in [3.05, 3.63) is 0 Å². The average molecular weight is 297 g/mol. The van der Waals surface area contributed by atoms with Gasteiger partial charge in [-0.2, -0.15) is 0 Å². The van der Waals surface area contributed by atoms with Crippen LogP contribution in [0, 0.1) is 5.92 Å². The summed E-state index contributed by atoms with van der Waals surface area (Å²) in [6, 6.07) is 0. The van der Waals surface area contributed by atoms with Crippen LogP contribution >= 0.6 is 0 Å². The Bertz CT molecular complexity index is 323. The lowest BCUT2D eigenvalue weighted by atomic mass is 9.90. The van der Waals surface area contributed by atoms with Gasteiger partial charge < -0.3 is 14.4 Å². The van der Waals surface area contributed by atoms with E-state index in [1.807, 2.05) is 25.7 Å². The van der Waals surface area contributed by atoms with E-state index in [2.05, 4.69) is 0 Å². The van der Waals surface area contributed by atoms with Crippen molar-refractivity contribution in [2.45, 2.75) is 77.4 Å². The maximum absolute atomic E-state index is 12.0. The van der Waals surface area contributed by atoms with Crippen LogP contribution in [0.4, 0.5) is 4.79 Å². The molecule has 4 heteroatoms. The molecule has 0 atom stereocenters. The lowest BCUT2D eigenvalue weighted by molar-refractivity contribution is -0.0242. The molecule has 0 aromatic rings. The summed E-state index contributed by atoms with van der Waals surface area (Å²) in [7, 11) is 0. The summed E-state index contributed by atoms with van der Waals surface area (Å²) in [6.07, 6.45) is 8.80. The molecular formula is C17H31NO3. The van der Waals surface area contributed by atoms with Crippen LogP contribution in [0.2, 0.25) is 0 Å². The van der Waals surface area contributed by atoms with E-state index >= 15 is 0 Å². The molecule has 2 rings (SSSR count). The molecule has 0 radical (unpaired) electrons. The van der Waals surface area contributed by atoms with Crippen molar-refractivity contribution >= 4 is 6.09 Å². The van der Waals surface area contributed by atoms with Gasteiger partial charge in [-0.05, 0) is 52.4 Å². The Balaban J connectivity index is 1.64. The molecule has 0 aromatic carbocycles. The highest BCUT2D eigenvalue weighted by Crippen LogP contribution is 2.25. The number of carbonyl (C=O) groups is 1. The Kier molecular flexibility index (Phi) is 5.91. The van der Waals surface area contributed by atoms with Gasteiger partial charge in [0.1, 0.15) is 5.60 Å². The number of piperidine rings is 1. The first-order valence-corrected chi connectivity index (χ1v) is 8.53. The molecular weight excluding hydrogens is 266 g/mol. The van der Waals surface area contributed by atoms with Crippen molar-refractivity contribution in [2.75, 3.05) is 19.7 Å². The molecule has 4 nitrogen and oxygen atoms in total. The lowest BCUT2D eigenvalue weighted by Crippen LogP contribution is -2.43. The molecule has 0 N–H and O–H groups in total. The third kappa shape index (κ3) is 5.85.